The lowest BCUT2D eigenvalue weighted by Gasteiger charge is -2.11. The van der Waals surface area contributed by atoms with Crippen LogP contribution in [0.3, 0.4) is 0 Å². The van der Waals surface area contributed by atoms with Crippen molar-refractivity contribution in [2.24, 2.45) is 0 Å². The van der Waals surface area contributed by atoms with E-state index in [1.54, 1.807) is 42.7 Å². The second-order valence-corrected chi connectivity index (χ2v) is 6.69. The molecule has 2 aromatic carbocycles. The second kappa shape index (κ2) is 9.55. The molecule has 0 fully saturated rings. The fraction of sp³-hybridized carbons (Fsp3) is 0.217. The van der Waals surface area contributed by atoms with Crippen LogP contribution in [0.25, 0.3) is 0 Å². The SMILES string of the molecule is Cc1ccc(CCCC(=O)Nc2ccccc2C(=O)NCc2ccco2)cc1. The number of carbonyl (C=O) groups is 2. The van der Waals surface area contributed by atoms with Crippen LogP contribution >= 0.6 is 0 Å². The molecule has 5 nitrogen and oxygen atoms in total. The molecule has 0 bridgehead atoms. The third kappa shape index (κ3) is 5.58. The second-order valence-electron chi connectivity index (χ2n) is 6.69. The standard InChI is InChI=1S/C23H24N2O3/c1-17-11-13-18(14-12-17)6-4-10-22(26)25-21-9-3-2-8-20(21)23(27)24-16-19-7-5-15-28-19/h2-3,5,7-9,11-15H,4,6,10,16H2,1H3,(H,24,27)(H,25,26). The van der Waals surface area contributed by atoms with Crippen molar-refractivity contribution in [3.05, 3.63) is 89.4 Å². The largest absolute Gasteiger partial charge is 0.467 e. The van der Waals surface area contributed by atoms with Crippen LogP contribution in [0.1, 0.15) is 40.1 Å². The third-order valence-electron chi connectivity index (χ3n) is 4.44. The summed E-state index contributed by atoms with van der Waals surface area (Å²) in [4.78, 5) is 24.8. The molecule has 0 aliphatic heterocycles. The molecule has 0 aliphatic rings. The van der Waals surface area contributed by atoms with Crippen LogP contribution in [-0.4, -0.2) is 11.8 Å². The van der Waals surface area contributed by atoms with E-state index < -0.39 is 0 Å². The van der Waals surface area contributed by atoms with E-state index in [9.17, 15) is 9.59 Å². The number of benzene rings is 2. The van der Waals surface area contributed by atoms with E-state index in [-0.39, 0.29) is 11.8 Å². The smallest absolute Gasteiger partial charge is 0.253 e. The summed E-state index contributed by atoms with van der Waals surface area (Å²) >= 11 is 0. The Bertz CT molecular complexity index is 915. The number of carbonyl (C=O) groups excluding carboxylic acids is 2. The Morgan fingerprint density at radius 3 is 2.50 bits per heavy atom. The first kappa shape index (κ1) is 19.4. The van der Waals surface area contributed by atoms with Crippen molar-refractivity contribution in [2.75, 3.05) is 5.32 Å². The fourth-order valence-electron chi connectivity index (χ4n) is 2.89. The van der Waals surface area contributed by atoms with Crippen LogP contribution < -0.4 is 10.6 Å². The molecular weight excluding hydrogens is 352 g/mol. The zero-order chi connectivity index (χ0) is 19.8. The number of hydrogen-bond acceptors (Lipinski definition) is 3. The van der Waals surface area contributed by atoms with Gasteiger partial charge in [-0.05, 0) is 49.6 Å². The maximum Gasteiger partial charge on any atom is 0.253 e. The van der Waals surface area contributed by atoms with E-state index in [4.69, 9.17) is 4.42 Å². The van der Waals surface area contributed by atoms with Crippen molar-refractivity contribution in [1.29, 1.82) is 0 Å². The quantitative estimate of drug-likeness (QED) is 0.609. The molecule has 2 amide bonds. The highest BCUT2D eigenvalue weighted by molar-refractivity contribution is 6.03. The van der Waals surface area contributed by atoms with Gasteiger partial charge >= 0.3 is 0 Å². The van der Waals surface area contributed by atoms with Crippen LogP contribution in [0.4, 0.5) is 5.69 Å². The van der Waals surface area contributed by atoms with Gasteiger partial charge in [-0.1, -0.05) is 42.0 Å². The van der Waals surface area contributed by atoms with E-state index in [1.165, 1.54) is 11.1 Å². The van der Waals surface area contributed by atoms with E-state index in [0.29, 0.717) is 30.0 Å². The predicted octanol–water partition coefficient (Wildman–Crippen LogP) is 4.48. The van der Waals surface area contributed by atoms with Gasteiger partial charge in [0.05, 0.1) is 24.1 Å². The number of amides is 2. The van der Waals surface area contributed by atoms with Gasteiger partial charge in [0.1, 0.15) is 5.76 Å². The fourth-order valence-corrected chi connectivity index (χ4v) is 2.89. The number of para-hydroxylation sites is 1. The molecular formula is C23H24N2O3. The summed E-state index contributed by atoms with van der Waals surface area (Å²) in [5, 5.41) is 5.66. The molecule has 144 valence electrons. The number of nitrogens with one attached hydrogen (secondary N) is 2. The molecule has 0 saturated heterocycles. The third-order valence-corrected chi connectivity index (χ3v) is 4.44. The average molecular weight is 376 g/mol. The van der Waals surface area contributed by atoms with Crippen molar-refractivity contribution in [2.45, 2.75) is 32.7 Å². The number of anilines is 1. The van der Waals surface area contributed by atoms with Crippen LogP contribution in [0.5, 0.6) is 0 Å². The molecule has 0 radical (unpaired) electrons. The Morgan fingerprint density at radius 1 is 0.964 bits per heavy atom. The molecule has 0 saturated carbocycles. The van der Waals surface area contributed by atoms with Crippen LogP contribution in [-0.2, 0) is 17.8 Å². The summed E-state index contributed by atoms with van der Waals surface area (Å²) in [5.41, 5.74) is 3.39. The van der Waals surface area contributed by atoms with Gasteiger partial charge in [-0.3, -0.25) is 9.59 Å². The minimum absolute atomic E-state index is 0.0987. The van der Waals surface area contributed by atoms with E-state index in [1.807, 2.05) is 0 Å². The monoisotopic (exact) mass is 376 g/mol. The van der Waals surface area contributed by atoms with E-state index in [2.05, 4.69) is 41.8 Å². The Morgan fingerprint density at radius 2 is 1.75 bits per heavy atom. The predicted molar refractivity (Wildman–Crippen MR) is 109 cm³/mol. The first-order valence-electron chi connectivity index (χ1n) is 9.37. The van der Waals surface area contributed by atoms with Gasteiger partial charge in [0.15, 0.2) is 0 Å². The maximum absolute atomic E-state index is 12.5. The number of furan rings is 1. The Kier molecular flexibility index (Phi) is 6.63. The number of aryl methyl sites for hydroxylation is 2. The van der Waals surface area contributed by atoms with Gasteiger partial charge in [-0.25, -0.2) is 0 Å². The van der Waals surface area contributed by atoms with Crippen molar-refractivity contribution in [3.8, 4) is 0 Å². The average Bonchev–Trinajstić information content (AvgIpc) is 3.22. The van der Waals surface area contributed by atoms with Gasteiger partial charge in [0.25, 0.3) is 5.91 Å². The molecule has 2 N–H and O–H groups in total. The van der Waals surface area contributed by atoms with Gasteiger partial charge in [-0.2, -0.15) is 0 Å². The molecule has 28 heavy (non-hydrogen) atoms. The molecule has 0 spiro atoms. The molecule has 3 aromatic rings. The zero-order valence-corrected chi connectivity index (χ0v) is 15.9. The van der Waals surface area contributed by atoms with Crippen molar-refractivity contribution < 1.29 is 14.0 Å². The highest BCUT2D eigenvalue weighted by Crippen LogP contribution is 2.16. The van der Waals surface area contributed by atoms with Crippen molar-refractivity contribution in [3.63, 3.8) is 0 Å². The highest BCUT2D eigenvalue weighted by atomic mass is 16.3. The Hall–Kier alpha value is -3.34. The van der Waals surface area contributed by atoms with E-state index in [0.717, 1.165) is 12.8 Å². The first-order valence-corrected chi connectivity index (χ1v) is 9.37. The van der Waals surface area contributed by atoms with Crippen molar-refractivity contribution in [1.82, 2.24) is 5.32 Å². The Labute approximate surface area is 164 Å². The number of rotatable bonds is 8. The first-order chi connectivity index (χ1) is 13.6. The molecule has 0 atom stereocenters. The van der Waals surface area contributed by atoms with Gasteiger partial charge < -0.3 is 15.1 Å². The Balaban J connectivity index is 1.52. The van der Waals surface area contributed by atoms with Gasteiger partial charge in [0.2, 0.25) is 5.91 Å². The molecule has 5 heteroatoms. The summed E-state index contributed by atoms with van der Waals surface area (Å²) < 4.78 is 5.22. The molecule has 1 heterocycles. The summed E-state index contributed by atoms with van der Waals surface area (Å²) in [5.74, 6) is 0.316. The van der Waals surface area contributed by atoms with Crippen LogP contribution in [0, 0.1) is 6.92 Å². The van der Waals surface area contributed by atoms with Gasteiger partial charge in [0, 0.05) is 6.42 Å². The molecule has 1 aromatic heterocycles. The lowest BCUT2D eigenvalue weighted by atomic mass is 10.1. The van der Waals surface area contributed by atoms with Crippen molar-refractivity contribution >= 4 is 17.5 Å². The molecule has 0 unspecified atom stereocenters. The summed E-state index contributed by atoms with van der Waals surface area (Å²) in [7, 11) is 0. The highest BCUT2D eigenvalue weighted by Gasteiger charge is 2.13. The normalized spacial score (nSPS) is 10.5. The maximum atomic E-state index is 12.5. The lowest BCUT2D eigenvalue weighted by molar-refractivity contribution is -0.116. The summed E-state index contributed by atoms with van der Waals surface area (Å²) in [6.07, 6.45) is 3.56. The molecule has 0 aliphatic carbocycles. The van der Waals surface area contributed by atoms with E-state index >= 15 is 0 Å². The topological polar surface area (TPSA) is 71.3 Å². The number of hydrogen-bond donors (Lipinski definition) is 2. The lowest BCUT2D eigenvalue weighted by Crippen LogP contribution is -2.24. The minimum Gasteiger partial charge on any atom is -0.467 e. The zero-order valence-electron chi connectivity index (χ0n) is 15.9. The minimum atomic E-state index is -0.257. The molecule has 3 rings (SSSR count). The summed E-state index contributed by atoms with van der Waals surface area (Å²) in [6, 6.07) is 18.9. The van der Waals surface area contributed by atoms with Gasteiger partial charge in [-0.15, -0.1) is 0 Å². The van der Waals surface area contributed by atoms with Crippen LogP contribution in [0.15, 0.2) is 71.3 Å². The van der Waals surface area contributed by atoms with Crippen LogP contribution in [0.2, 0.25) is 0 Å². The summed E-state index contributed by atoms with van der Waals surface area (Å²) in [6.45, 7) is 2.35.